The van der Waals surface area contributed by atoms with Crippen LogP contribution in [-0.4, -0.2) is 75.7 Å². The molecule has 3 heterocycles. The highest BCUT2D eigenvalue weighted by molar-refractivity contribution is 9.09. The number of β-amino-alcohol motifs (C(OH)–C–C–N with tert-alkyl or cyclic N) is 1. The summed E-state index contributed by atoms with van der Waals surface area (Å²) in [6.07, 6.45) is 0.643. The number of hydrogen-bond donors (Lipinski definition) is 2. The number of alkyl halides is 1. The normalized spacial score (nSPS) is 34.8. The van der Waals surface area contributed by atoms with Gasteiger partial charge in [0.15, 0.2) is 0 Å². The second kappa shape index (κ2) is 8.30. The van der Waals surface area contributed by atoms with Gasteiger partial charge in [-0.25, -0.2) is 0 Å². The number of ether oxygens (including phenoxy) is 2. The van der Waals surface area contributed by atoms with Crippen LogP contribution in [0.3, 0.4) is 0 Å². The minimum Gasteiger partial charge on any atom is -0.466 e. The first kappa shape index (κ1) is 24.5. The molecule has 3 saturated heterocycles. The van der Waals surface area contributed by atoms with Gasteiger partial charge in [-0.1, -0.05) is 36.7 Å². The molecule has 8 nitrogen and oxygen atoms in total. The number of esters is 1. The molecule has 2 bridgehead atoms. The molecule has 6 atom stereocenters. The molecule has 2 N–H and O–H groups in total. The smallest absolute Gasteiger partial charge is 0.312 e. The summed E-state index contributed by atoms with van der Waals surface area (Å²) in [5.74, 6) is -2.69. The first-order valence-electron chi connectivity index (χ1n) is 11.0. The van der Waals surface area contributed by atoms with Gasteiger partial charge in [0, 0.05) is 16.9 Å². The van der Waals surface area contributed by atoms with E-state index in [-0.39, 0.29) is 41.8 Å². The lowest BCUT2D eigenvalue weighted by atomic mass is 9.70. The summed E-state index contributed by atoms with van der Waals surface area (Å²) >= 11 is 3.60. The molecule has 3 rings (SSSR count). The number of aliphatic hydroxyl groups excluding tert-OH is 1. The van der Waals surface area contributed by atoms with Crippen molar-refractivity contribution in [1.82, 2.24) is 10.2 Å². The summed E-state index contributed by atoms with van der Waals surface area (Å²) < 4.78 is 11.6. The molecule has 3 fully saturated rings. The Labute approximate surface area is 192 Å². The molecule has 0 aromatic heterocycles. The third kappa shape index (κ3) is 4.25. The zero-order chi connectivity index (χ0) is 23.4. The standard InChI is InChI=1S/C22H35BrN2O6/c1-7-30-19(29)13-14-18(28)25(8-9-26)16(22(14)10-12(23)15(13)31-22)17(27)24-21(5,6)11-20(2,3)4/h12-16,26H,7-11H2,1-6H3,(H,24,27)/t12?,13-,14+,15-,16-,22+/m1/s1. The fourth-order valence-corrected chi connectivity index (χ4v) is 7.00. The number of nitrogens with zero attached hydrogens (tertiary/aromatic N) is 1. The second-order valence-electron chi connectivity index (χ2n) is 10.8. The van der Waals surface area contributed by atoms with Gasteiger partial charge in [0.25, 0.3) is 0 Å². The van der Waals surface area contributed by atoms with Crippen molar-refractivity contribution in [2.45, 2.75) is 82.5 Å². The maximum Gasteiger partial charge on any atom is 0.312 e. The Kier molecular flexibility index (Phi) is 6.55. The maximum absolute atomic E-state index is 13.6. The van der Waals surface area contributed by atoms with Gasteiger partial charge in [-0.2, -0.15) is 0 Å². The largest absolute Gasteiger partial charge is 0.466 e. The monoisotopic (exact) mass is 502 g/mol. The van der Waals surface area contributed by atoms with E-state index in [1.54, 1.807) is 6.92 Å². The predicted octanol–water partition coefficient (Wildman–Crippen LogP) is 1.62. The van der Waals surface area contributed by atoms with Crippen LogP contribution in [0.15, 0.2) is 0 Å². The quantitative estimate of drug-likeness (QED) is 0.404. The summed E-state index contributed by atoms with van der Waals surface area (Å²) in [5, 5.41) is 12.7. The van der Waals surface area contributed by atoms with Crippen LogP contribution in [0.1, 0.15) is 54.4 Å². The molecule has 0 radical (unpaired) electrons. The van der Waals surface area contributed by atoms with Crippen LogP contribution in [0.5, 0.6) is 0 Å². The van der Waals surface area contributed by atoms with E-state index in [2.05, 4.69) is 42.0 Å². The SMILES string of the molecule is CCOC(=O)[C@H]1[C@@H]2O[C@@]3(CC2Br)[C@@H]1C(=O)N(CCO)[C@@H]3C(=O)NC(C)(C)CC(C)(C)C. The van der Waals surface area contributed by atoms with Gasteiger partial charge in [0.05, 0.1) is 31.2 Å². The Morgan fingerprint density at radius 1 is 1.32 bits per heavy atom. The van der Waals surface area contributed by atoms with Crippen LogP contribution >= 0.6 is 15.9 Å². The number of likely N-dealkylation sites (tertiary alicyclic amines) is 1. The molecule has 0 aromatic carbocycles. The van der Waals surface area contributed by atoms with Crippen molar-refractivity contribution in [3.8, 4) is 0 Å². The highest BCUT2D eigenvalue weighted by Crippen LogP contribution is 2.60. The summed E-state index contributed by atoms with van der Waals surface area (Å²) in [4.78, 5) is 41.0. The van der Waals surface area contributed by atoms with Crippen LogP contribution in [0.2, 0.25) is 0 Å². The van der Waals surface area contributed by atoms with Crippen LogP contribution < -0.4 is 5.32 Å². The average Bonchev–Trinajstić information content (AvgIpc) is 3.17. The van der Waals surface area contributed by atoms with Crippen molar-refractivity contribution < 1.29 is 29.0 Å². The molecule has 3 aliphatic rings. The van der Waals surface area contributed by atoms with Gasteiger partial charge >= 0.3 is 5.97 Å². The van der Waals surface area contributed by atoms with E-state index in [0.29, 0.717) is 6.42 Å². The molecular weight excluding hydrogens is 468 g/mol. The Morgan fingerprint density at radius 2 is 1.97 bits per heavy atom. The minimum absolute atomic E-state index is 0.00535. The summed E-state index contributed by atoms with van der Waals surface area (Å²) in [5.41, 5.74) is -1.64. The minimum atomic E-state index is -1.12. The van der Waals surface area contributed by atoms with E-state index in [0.717, 1.165) is 6.42 Å². The predicted molar refractivity (Wildman–Crippen MR) is 117 cm³/mol. The molecule has 0 saturated carbocycles. The highest BCUT2D eigenvalue weighted by atomic mass is 79.9. The average molecular weight is 503 g/mol. The lowest BCUT2D eigenvalue weighted by Gasteiger charge is -2.38. The van der Waals surface area contributed by atoms with Crippen LogP contribution in [0.25, 0.3) is 0 Å². The van der Waals surface area contributed by atoms with Crippen LogP contribution in [0.4, 0.5) is 0 Å². The molecule has 3 aliphatic heterocycles. The fraction of sp³-hybridized carbons (Fsp3) is 0.864. The number of carbonyl (C=O) groups excluding carboxylic acids is 3. The Balaban J connectivity index is 1.97. The van der Waals surface area contributed by atoms with E-state index >= 15 is 0 Å². The van der Waals surface area contributed by atoms with Gasteiger partial charge in [-0.05, 0) is 39.0 Å². The number of halogens is 1. The number of hydrogen-bond acceptors (Lipinski definition) is 6. The van der Waals surface area contributed by atoms with Crippen LogP contribution in [-0.2, 0) is 23.9 Å². The fourth-order valence-electron chi connectivity index (χ4n) is 6.06. The number of rotatable bonds is 7. The highest BCUT2D eigenvalue weighted by Gasteiger charge is 2.76. The van der Waals surface area contributed by atoms with E-state index in [4.69, 9.17) is 9.47 Å². The molecule has 31 heavy (non-hydrogen) atoms. The number of amides is 2. The van der Waals surface area contributed by atoms with Crippen LogP contribution in [0, 0.1) is 17.3 Å². The molecule has 0 aromatic rings. The number of nitrogens with one attached hydrogen (secondary N) is 1. The number of carbonyl (C=O) groups is 3. The number of aliphatic hydroxyl groups is 1. The summed E-state index contributed by atoms with van der Waals surface area (Å²) in [6, 6.07) is -0.916. The molecule has 1 spiro atoms. The van der Waals surface area contributed by atoms with Crippen molar-refractivity contribution in [2.24, 2.45) is 17.3 Å². The van der Waals surface area contributed by atoms with Crippen molar-refractivity contribution in [1.29, 1.82) is 0 Å². The molecular formula is C22H35BrN2O6. The lowest BCUT2D eigenvalue weighted by molar-refractivity contribution is -0.154. The van der Waals surface area contributed by atoms with Gasteiger partial charge in [-0.15, -0.1) is 0 Å². The Morgan fingerprint density at radius 3 is 2.52 bits per heavy atom. The van der Waals surface area contributed by atoms with Crippen molar-refractivity contribution in [2.75, 3.05) is 19.8 Å². The topological polar surface area (TPSA) is 105 Å². The van der Waals surface area contributed by atoms with Gasteiger partial charge in [0.1, 0.15) is 11.6 Å². The Hall–Kier alpha value is -1.19. The van der Waals surface area contributed by atoms with Gasteiger partial charge in [-0.3, -0.25) is 14.4 Å². The molecule has 2 amide bonds. The molecule has 0 aliphatic carbocycles. The summed E-state index contributed by atoms with van der Waals surface area (Å²) in [7, 11) is 0. The van der Waals surface area contributed by atoms with Crippen molar-refractivity contribution >= 4 is 33.7 Å². The zero-order valence-corrected chi connectivity index (χ0v) is 20.8. The molecule has 1 unspecified atom stereocenters. The molecule has 9 heteroatoms. The first-order valence-corrected chi connectivity index (χ1v) is 11.9. The van der Waals surface area contributed by atoms with Crippen molar-refractivity contribution in [3.63, 3.8) is 0 Å². The summed E-state index contributed by atoms with van der Waals surface area (Å²) in [6.45, 7) is 11.9. The molecule has 176 valence electrons. The van der Waals surface area contributed by atoms with E-state index < -0.39 is 41.1 Å². The lowest BCUT2D eigenvalue weighted by Crippen LogP contribution is -2.59. The van der Waals surface area contributed by atoms with Gasteiger partial charge in [0.2, 0.25) is 11.8 Å². The third-order valence-electron chi connectivity index (χ3n) is 6.37. The van der Waals surface area contributed by atoms with E-state index in [9.17, 15) is 19.5 Å². The Bertz CT molecular complexity index is 751. The first-order chi connectivity index (χ1) is 14.3. The second-order valence-corrected chi connectivity index (χ2v) is 12.0. The number of fused-ring (bicyclic) bond motifs is 1. The maximum atomic E-state index is 13.6. The van der Waals surface area contributed by atoms with Crippen molar-refractivity contribution in [3.05, 3.63) is 0 Å². The van der Waals surface area contributed by atoms with E-state index in [1.165, 1.54) is 4.90 Å². The van der Waals surface area contributed by atoms with E-state index in [1.807, 2.05) is 13.8 Å². The third-order valence-corrected chi connectivity index (χ3v) is 7.22. The zero-order valence-electron chi connectivity index (χ0n) is 19.2. The van der Waals surface area contributed by atoms with Gasteiger partial charge < -0.3 is 24.8 Å².